The largest absolute Gasteiger partial charge is 0.495 e. The van der Waals surface area contributed by atoms with Crippen LogP contribution in [0.25, 0.3) is 6.08 Å². The molecule has 9 nitrogen and oxygen atoms in total. The van der Waals surface area contributed by atoms with E-state index in [9.17, 15) is 32.3 Å². The molecule has 0 spiro atoms. The Morgan fingerprint density at radius 2 is 1.81 bits per heavy atom. The van der Waals surface area contributed by atoms with Gasteiger partial charge >= 0.3 is 12.1 Å². The van der Waals surface area contributed by atoms with Crippen LogP contribution >= 0.6 is 56.9 Å². The first kappa shape index (κ1) is 29.0. The van der Waals surface area contributed by atoms with Gasteiger partial charge in [0.1, 0.15) is 18.0 Å². The summed E-state index contributed by atoms with van der Waals surface area (Å²) < 4.78 is 50.5. The average Bonchev–Trinajstić information content (AvgIpc) is 3.04. The Labute approximate surface area is 239 Å². The number of nitrogens with zero attached hydrogens (tertiary/aromatic N) is 1. The summed E-state index contributed by atoms with van der Waals surface area (Å²) in [6.07, 6.45) is -3.22. The number of halogens is 5. The van der Waals surface area contributed by atoms with Gasteiger partial charge in [0.05, 0.1) is 30.4 Å². The molecule has 0 aliphatic carbocycles. The van der Waals surface area contributed by atoms with Crippen molar-refractivity contribution in [2.75, 3.05) is 25.6 Å². The number of anilines is 1. The lowest BCUT2D eigenvalue weighted by atomic mass is 10.1. The standard InChI is InChI=1S/C22H15F3I2N2O7S/c1-35-15-3-2-11(22(23,24)25)7-14(15)28-17(30)8-29-20(33)16(37-21(29)34)6-10-4-12(26)19(13(27)5-10)36-9-18(31)32/h2-7H,8-9H2,1H3,(H,28,30)(H,31,32)/b16-6-. The maximum Gasteiger partial charge on any atom is 0.416 e. The predicted octanol–water partition coefficient (Wildman–Crippen LogP) is 5.06. The number of hydrogen-bond acceptors (Lipinski definition) is 7. The minimum Gasteiger partial charge on any atom is -0.495 e. The number of alkyl halides is 3. The van der Waals surface area contributed by atoms with Gasteiger partial charge in [-0.3, -0.25) is 19.3 Å². The van der Waals surface area contributed by atoms with Crippen LogP contribution in [0.4, 0.5) is 23.7 Å². The van der Waals surface area contributed by atoms with Gasteiger partial charge in [-0.25, -0.2) is 4.79 Å². The number of carboxylic acids is 1. The number of carbonyl (C=O) groups is 4. The molecule has 1 fully saturated rings. The minimum atomic E-state index is -4.65. The van der Waals surface area contributed by atoms with Gasteiger partial charge < -0.3 is 19.9 Å². The van der Waals surface area contributed by atoms with Gasteiger partial charge in [-0.1, -0.05) is 0 Å². The fourth-order valence-electron chi connectivity index (χ4n) is 3.04. The third kappa shape index (κ3) is 7.28. The lowest BCUT2D eigenvalue weighted by Gasteiger charge is -2.16. The van der Waals surface area contributed by atoms with Crippen molar-refractivity contribution < 1.29 is 46.9 Å². The molecule has 0 atom stereocenters. The summed E-state index contributed by atoms with van der Waals surface area (Å²) in [5.74, 6) is -2.46. The Kier molecular flexibility index (Phi) is 9.32. The van der Waals surface area contributed by atoms with Crippen LogP contribution in [0.5, 0.6) is 11.5 Å². The number of amides is 3. The zero-order valence-electron chi connectivity index (χ0n) is 18.5. The molecule has 1 aliphatic rings. The highest BCUT2D eigenvalue weighted by Crippen LogP contribution is 2.36. The first-order chi connectivity index (χ1) is 17.3. The van der Waals surface area contributed by atoms with Gasteiger partial charge in [0.2, 0.25) is 5.91 Å². The monoisotopic (exact) mass is 762 g/mol. The van der Waals surface area contributed by atoms with Gasteiger partial charge in [0.25, 0.3) is 11.1 Å². The number of ether oxygens (including phenoxy) is 2. The van der Waals surface area contributed by atoms with Crippen molar-refractivity contribution in [2.45, 2.75) is 6.18 Å². The molecule has 0 unspecified atom stereocenters. The van der Waals surface area contributed by atoms with E-state index in [0.717, 1.165) is 12.1 Å². The maximum absolute atomic E-state index is 13.0. The molecule has 1 heterocycles. The Bertz CT molecular complexity index is 1290. The van der Waals surface area contributed by atoms with Crippen molar-refractivity contribution in [3.05, 3.63) is 53.5 Å². The fraction of sp³-hybridized carbons (Fsp3) is 0.182. The number of aliphatic carboxylic acids is 1. The maximum atomic E-state index is 13.0. The van der Waals surface area contributed by atoms with E-state index in [2.05, 4.69) is 5.32 Å². The molecular formula is C22H15F3I2N2O7S. The van der Waals surface area contributed by atoms with E-state index in [1.54, 1.807) is 12.1 Å². The fourth-order valence-corrected chi connectivity index (χ4v) is 6.00. The molecule has 15 heteroatoms. The Morgan fingerprint density at radius 3 is 2.38 bits per heavy atom. The van der Waals surface area contributed by atoms with Crippen LogP contribution in [0.3, 0.4) is 0 Å². The summed E-state index contributed by atoms with van der Waals surface area (Å²) in [5.41, 5.74) is -0.749. The van der Waals surface area contributed by atoms with E-state index in [4.69, 9.17) is 14.6 Å². The predicted molar refractivity (Wildman–Crippen MR) is 144 cm³/mol. The smallest absolute Gasteiger partial charge is 0.416 e. The number of thioether (sulfide) groups is 1. The summed E-state index contributed by atoms with van der Waals surface area (Å²) in [7, 11) is 1.21. The molecule has 1 saturated heterocycles. The molecule has 0 saturated carbocycles. The summed E-state index contributed by atoms with van der Waals surface area (Å²) in [6, 6.07) is 5.78. The van der Waals surface area contributed by atoms with Crippen LogP contribution in [0, 0.1) is 7.14 Å². The van der Waals surface area contributed by atoms with Gasteiger partial charge in [-0.2, -0.15) is 13.2 Å². The third-order valence-electron chi connectivity index (χ3n) is 4.63. The first-order valence-electron chi connectivity index (χ1n) is 9.94. The minimum absolute atomic E-state index is 0.0280. The number of carboxylic acid groups (broad SMARTS) is 1. The zero-order valence-corrected chi connectivity index (χ0v) is 23.7. The molecule has 1 aliphatic heterocycles. The van der Waals surface area contributed by atoms with Crippen molar-refractivity contribution in [2.24, 2.45) is 0 Å². The van der Waals surface area contributed by atoms with E-state index < -0.39 is 47.9 Å². The molecule has 37 heavy (non-hydrogen) atoms. The zero-order chi connectivity index (χ0) is 27.5. The van der Waals surface area contributed by atoms with Crippen LogP contribution in [-0.2, 0) is 20.6 Å². The number of hydrogen-bond donors (Lipinski definition) is 2. The van der Waals surface area contributed by atoms with Crippen molar-refractivity contribution in [1.29, 1.82) is 0 Å². The highest BCUT2D eigenvalue weighted by molar-refractivity contribution is 14.1. The molecule has 3 amide bonds. The number of benzene rings is 2. The lowest BCUT2D eigenvalue weighted by molar-refractivity contribution is -0.139. The number of methoxy groups -OCH3 is 1. The van der Waals surface area contributed by atoms with Crippen LogP contribution < -0.4 is 14.8 Å². The van der Waals surface area contributed by atoms with Crippen LogP contribution in [0.2, 0.25) is 0 Å². The Morgan fingerprint density at radius 1 is 1.16 bits per heavy atom. The SMILES string of the molecule is COc1ccc(C(F)(F)F)cc1NC(=O)CN1C(=O)S/C(=C\c2cc(I)c(OCC(=O)O)c(I)c2)C1=O. The van der Waals surface area contributed by atoms with E-state index in [1.165, 1.54) is 13.2 Å². The van der Waals surface area contributed by atoms with Crippen LogP contribution in [-0.4, -0.2) is 53.3 Å². The quantitative estimate of drug-likeness (QED) is 0.283. The average molecular weight is 762 g/mol. The number of imide groups is 1. The van der Waals surface area contributed by atoms with E-state index in [0.29, 0.717) is 41.2 Å². The van der Waals surface area contributed by atoms with E-state index in [1.807, 2.05) is 45.2 Å². The molecule has 3 rings (SSSR count). The number of rotatable bonds is 8. The summed E-state index contributed by atoms with van der Waals surface area (Å²) in [6.45, 7) is -1.25. The summed E-state index contributed by atoms with van der Waals surface area (Å²) in [4.78, 5) is 49.2. The van der Waals surface area contributed by atoms with Crippen LogP contribution in [0.15, 0.2) is 35.2 Å². The van der Waals surface area contributed by atoms with Gasteiger partial charge in [-0.15, -0.1) is 0 Å². The van der Waals surface area contributed by atoms with Gasteiger partial charge in [0.15, 0.2) is 6.61 Å². The molecule has 2 N–H and O–H groups in total. The number of carbonyl (C=O) groups excluding carboxylic acids is 3. The van der Waals surface area contributed by atoms with Crippen molar-refractivity contribution in [3.63, 3.8) is 0 Å². The molecule has 196 valence electrons. The highest BCUT2D eigenvalue weighted by Gasteiger charge is 2.37. The molecular weight excluding hydrogens is 747 g/mol. The molecule has 2 aromatic rings. The van der Waals surface area contributed by atoms with E-state index in [-0.39, 0.29) is 16.3 Å². The second-order valence-electron chi connectivity index (χ2n) is 7.22. The molecule has 2 aromatic carbocycles. The van der Waals surface area contributed by atoms with E-state index >= 15 is 0 Å². The molecule has 0 radical (unpaired) electrons. The third-order valence-corrected chi connectivity index (χ3v) is 7.14. The lowest BCUT2D eigenvalue weighted by Crippen LogP contribution is -2.36. The van der Waals surface area contributed by atoms with Crippen molar-refractivity contribution in [3.8, 4) is 11.5 Å². The molecule has 0 bridgehead atoms. The molecule has 0 aromatic heterocycles. The Balaban J connectivity index is 1.75. The normalized spacial score (nSPS) is 14.8. The number of nitrogens with one attached hydrogen (secondary N) is 1. The summed E-state index contributed by atoms with van der Waals surface area (Å²) >= 11 is 4.49. The first-order valence-corrected chi connectivity index (χ1v) is 12.9. The second kappa shape index (κ2) is 11.9. The second-order valence-corrected chi connectivity index (χ2v) is 10.5. The highest BCUT2D eigenvalue weighted by atomic mass is 127. The topological polar surface area (TPSA) is 122 Å². The van der Waals surface area contributed by atoms with Crippen LogP contribution in [0.1, 0.15) is 11.1 Å². The van der Waals surface area contributed by atoms with Crippen molar-refractivity contribution >= 4 is 91.7 Å². The van der Waals surface area contributed by atoms with Gasteiger partial charge in [0, 0.05) is 0 Å². The van der Waals surface area contributed by atoms with Gasteiger partial charge in [-0.05, 0) is 98.9 Å². The summed E-state index contributed by atoms with van der Waals surface area (Å²) in [5, 5.41) is 10.3. The van der Waals surface area contributed by atoms with Crippen molar-refractivity contribution in [1.82, 2.24) is 4.90 Å². The Hall–Kier alpha value is -2.54.